The van der Waals surface area contributed by atoms with E-state index in [0.29, 0.717) is 35.5 Å². The Labute approximate surface area is 191 Å². The highest BCUT2D eigenvalue weighted by Gasteiger charge is 2.68. The summed E-state index contributed by atoms with van der Waals surface area (Å²) < 4.78 is 6.16. The summed E-state index contributed by atoms with van der Waals surface area (Å²) in [6, 6.07) is 0. The van der Waals surface area contributed by atoms with Gasteiger partial charge in [0.2, 0.25) is 0 Å². The van der Waals surface area contributed by atoms with Gasteiger partial charge in [0, 0.05) is 18.9 Å². The lowest BCUT2D eigenvalue weighted by atomic mass is 9.42. The fourth-order valence-corrected chi connectivity index (χ4v) is 9.29. The standard InChI is InChI=1S/C28H48O3/c1-18(2)8-7-9-19(3)22-10-11-23-21-16-25(30)28(31-6)17-20(29)12-15-27(28,5)24(21)13-14-26(22,23)4/h7,9,18-25,29-30H,8,10-17H2,1-6H3. The molecule has 4 fully saturated rings. The van der Waals surface area contributed by atoms with E-state index in [-0.39, 0.29) is 11.5 Å². The molecule has 31 heavy (non-hydrogen) atoms. The molecular formula is C28H48O3. The van der Waals surface area contributed by atoms with Crippen LogP contribution in [-0.4, -0.2) is 35.1 Å². The van der Waals surface area contributed by atoms with E-state index in [1.807, 2.05) is 0 Å². The lowest BCUT2D eigenvalue weighted by Crippen LogP contribution is -2.69. The highest BCUT2D eigenvalue weighted by Crippen LogP contribution is 2.69. The first kappa shape index (κ1) is 23.8. The van der Waals surface area contributed by atoms with Crippen molar-refractivity contribution in [3.63, 3.8) is 0 Å². The number of rotatable bonds is 5. The number of fused-ring (bicyclic) bond motifs is 5. The zero-order valence-corrected chi connectivity index (χ0v) is 20.9. The molecule has 10 unspecified atom stereocenters. The smallest absolute Gasteiger partial charge is 0.102 e. The molecule has 0 radical (unpaired) electrons. The number of ether oxygens (including phenoxy) is 1. The van der Waals surface area contributed by atoms with E-state index in [2.05, 4.69) is 46.8 Å². The second-order valence-electron chi connectivity index (χ2n) is 12.7. The number of aliphatic hydroxyl groups is 2. The molecule has 4 saturated carbocycles. The van der Waals surface area contributed by atoms with Crippen molar-refractivity contribution in [1.82, 2.24) is 0 Å². The number of aliphatic hydroxyl groups excluding tert-OH is 2. The van der Waals surface area contributed by atoms with Crippen molar-refractivity contribution in [1.29, 1.82) is 0 Å². The van der Waals surface area contributed by atoms with Gasteiger partial charge in [0.1, 0.15) is 5.60 Å². The van der Waals surface area contributed by atoms with Gasteiger partial charge in [0.05, 0.1) is 12.2 Å². The first-order valence-electron chi connectivity index (χ1n) is 13.2. The Morgan fingerprint density at radius 1 is 1.00 bits per heavy atom. The third kappa shape index (κ3) is 3.56. The van der Waals surface area contributed by atoms with Gasteiger partial charge < -0.3 is 14.9 Å². The minimum Gasteiger partial charge on any atom is -0.393 e. The Balaban J connectivity index is 1.58. The first-order chi connectivity index (χ1) is 14.6. The van der Waals surface area contributed by atoms with Gasteiger partial charge in [-0.1, -0.05) is 46.8 Å². The fourth-order valence-electron chi connectivity index (χ4n) is 9.29. The van der Waals surface area contributed by atoms with Crippen LogP contribution < -0.4 is 0 Å². The molecule has 0 aromatic heterocycles. The maximum Gasteiger partial charge on any atom is 0.102 e. The van der Waals surface area contributed by atoms with Gasteiger partial charge in [0.15, 0.2) is 0 Å². The largest absolute Gasteiger partial charge is 0.393 e. The summed E-state index contributed by atoms with van der Waals surface area (Å²) >= 11 is 0. The average molecular weight is 433 g/mol. The van der Waals surface area contributed by atoms with Crippen LogP contribution in [0.3, 0.4) is 0 Å². The maximum atomic E-state index is 11.5. The van der Waals surface area contributed by atoms with Gasteiger partial charge >= 0.3 is 0 Å². The Morgan fingerprint density at radius 3 is 2.42 bits per heavy atom. The van der Waals surface area contributed by atoms with E-state index in [1.54, 1.807) is 7.11 Å². The zero-order valence-electron chi connectivity index (χ0n) is 20.9. The lowest BCUT2D eigenvalue weighted by molar-refractivity contribution is -0.275. The Morgan fingerprint density at radius 2 is 1.74 bits per heavy atom. The summed E-state index contributed by atoms with van der Waals surface area (Å²) in [5.74, 6) is 4.03. The SMILES string of the molecule is COC12CC(O)CCC1(C)C1CCC3(C)C(C(C)C=CCC(C)C)CCC3C1CC2O. The van der Waals surface area contributed by atoms with Crippen molar-refractivity contribution < 1.29 is 14.9 Å². The van der Waals surface area contributed by atoms with Crippen LogP contribution in [0.5, 0.6) is 0 Å². The van der Waals surface area contributed by atoms with Crippen molar-refractivity contribution >= 4 is 0 Å². The summed E-state index contributed by atoms with van der Waals surface area (Å²) in [6.07, 6.45) is 13.8. The van der Waals surface area contributed by atoms with Crippen LogP contribution in [0.25, 0.3) is 0 Å². The molecule has 0 heterocycles. The molecular weight excluding hydrogens is 384 g/mol. The quantitative estimate of drug-likeness (QED) is 0.525. The van der Waals surface area contributed by atoms with Gasteiger partial charge in [-0.25, -0.2) is 0 Å². The van der Waals surface area contributed by atoms with Gasteiger partial charge in [-0.3, -0.25) is 0 Å². The summed E-state index contributed by atoms with van der Waals surface area (Å²) in [6.45, 7) is 12.0. The first-order valence-corrected chi connectivity index (χ1v) is 13.2. The molecule has 0 aromatic rings. The van der Waals surface area contributed by atoms with Gasteiger partial charge in [-0.15, -0.1) is 0 Å². The van der Waals surface area contributed by atoms with Crippen LogP contribution in [0.15, 0.2) is 12.2 Å². The van der Waals surface area contributed by atoms with E-state index in [4.69, 9.17) is 4.74 Å². The topological polar surface area (TPSA) is 49.7 Å². The monoisotopic (exact) mass is 432 g/mol. The molecule has 178 valence electrons. The van der Waals surface area contributed by atoms with Crippen molar-refractivity contribution in [2.24, 2.45) is 46.3 Å². The molecule has 4 aliphatic carbocycles. The molecule has 0 spiro atoms. The minimum atomic E-state index is -0.579. The van der Waals surface area contributed by atoms with Gasteiger partial charge in [-0.2, -0.15) is 0 Å². The van der Waals surface area contributed by atoms with Crippen molar-refractivity contribution in [3.05, 3.63) is 12.2 Å². The number of allylic oxidation sites excluding steroid dienone is 2. The van der Waals surface area contributed by atoms with Gasteiger partial charge in [-0.05, 0) is 92.3 Å². The zero-order chi connectivity index (χ0) is 22.6. The molecule has 3 heteroatoms. The van der Waals surface area contributed by atoms with Crippen molar-refractivity contribution in [3.8, 4) is 0 Å². The molecule has 0 saturated heterocycles. The number of methoxy groups -OCH3 is 1. The molecule has 0 aliphatic heterocycles. The highest BCUT2D eigenvalue weighted by atomic mass is 16.5. The van der Waals surface area contributed by atoms with Crippen LogP contribution in [0.4, 0.5) is 0 Å². The van der Waals surface area contributed by atoms with Gasteiger partial charge in [0.25, 0.3) is 0 Å². The van der Waals surface area contributed by atoms with E-state index in [1.165, 1.54) is 32.1 Å². The third-order valence-electron chi connectivity index (χ3n) is 10.9. The molecule has 0 amide bonds. The summed E-state index contributed by atoms with van der Waals surface area (Å²) in [5, 5.41) is 21.9. The second kappa shape index (κ2) is 8.44. The maximum absolute atomic E-state index is 11.5. The molecule has 3 nitrogen and oxygen atoms in total. The molecule has 10 atom stereocenters. The third-order valence-corrected chi connectivity index (χ3v) is 10.9. The molecule has 4 rings (SSSR count). The lowest BCUT2D eigenvalue weighted by Gasteiger charge is -2.66. The summed E-state index contributed by atoms with van der Waals surface area (Å²) in [7, 11) is 1.77. The van der Waals surface area contributed by atoms with Crippen LogP contribution in [0, 0.1) is 46.3 Å². The van der Waals surface area contributed by atoms with E-state index < -0.39 is 11.7 Å². The van der Waals surface area contributed by atoms with E-state index in [9.17, 15) is 10.2 Å². The number of hydrogen-bond acceptors (Lipinski definition) is 3. The molecule has 2 N–H and O–H groups in total. The highest BCUT2D eigenvalue weighted by molar-refractivity contribution is 5.18. The fraction of sp³-hybridized carbons (Fsp3) is 0.929. The van der Waals surface area contributed by atoms with Crippen LogP contribution in [0.1, 0.15) is 92.4 Å². The molecule has 0 aromatic carbocycles. The Hall–Kier alpha value is -0.380. The van der Waals surface area contributed by atoms with Crippen molar-refractivity contribution in [2.45, 2.75) is 110 Å². The van der Waals surface area contributed by atoms with Crippen molar-refractivity contribution in [2.75, 3.05) is 7.11 Å². The predicted octanol–water partition coefficient (Wildman–Crippen LogP) is 5.98. The molecule has 4 aliphatic rings. The normalized spacial score (nSPS) is 50.9. The average Bonchev–Trinajstić information content (AvgIpc) is 3.06. The Bertz CT molecular complexity index is 673. The van der Waals surface area contributed by atoms with Crippen LogP contribution in [0.2, 0.25) is 0 Å². The Kier molecular flexibility index (Phi) is 6.47. The van der Waals surface area contributed by atoms with E-state index in [0.717, 1.165) is 31.1 Å². The van der Waals surface area contributed by atoms with E-state index >= 15 is 0 Å². The summed E-state index contributed by atoms with van der Waals surface area (Å²) in [4.78, 5) is 0. The molecule has 0 bridgehead atoms. The van der Waals surface area contributed by atoms with Crippen LogP contribution >= 0.6 is 0 Å². The predicted molar refractivity (Wildman–Crippen MR) is 127 cm³/mol. The number of hydrogen-bond donors (Lipinski definition) is 2. The minimum absolute atomic E-state index is 0.0362. The second-order valence-corrected chi connectivity index (χ2v) is 12.7. The van der Waals surface area contributed by atoms with Crippen LogP contribution in [-0.2, 0) is 4.74 Å². The summed E-state index contributed by atoms with van der Waals surface area (Å²) in [5.41, 5.74) is -0.226.